The highest BCUT2D eigenvalue weighted by Crippen LogP contribution is 2.29. The number of halogens is 2. The molecular formula is C20H16F2N4O2S. The summed E-state index contributed by atoms with van der Waals surface area (Å²) in [7, 11) is -4.22. The summed E-state index contributed by atoms with van der Waals surface area (Å²) in [4.78, 5) is -0.116. The van der Waals surface area contributed by atoms with E-state index in [0.717, 1.165) is 22.0 Å². The summed E-state index contributed by atoms with van der Waals surface area (Å²) in [6, 6.07) is 12.8. The van der Waals surface area contributed by atoms with Crippen molar-refractivity contribution in [3.63, 3.8) is 0 Å². The lowest BCUT2D eigenvalue weighted by Crippen LogP contribution is -2.31. The van der Waals surface area contributed by atoms with Crippen molar-refractivity contribution in [2.75, 3.05) is 4.31 Å². The SMILES string of the molecule is Cc1ccc(CN(c2cc(F)cc(F)c2)S(=O)(=O)c2cccn3cnnc23)cc1. The summed E-state index contributed by atoms with van der Waals surface area (Å²) >= 11 is 0. The van der Waals surface area contributed by atoms with Gasteiger partial charge in [0.05, 0.1) is 12.2 Å². The third-order valence-corrected chi connectivity index (χ3v) is 6.23. The Balaban J connectivity index is 1.88. The summed E-state index contributed by atoms with van der Waals surface area (Å²) in [5, 5.41) is 7.61. The van der Waals surface area contributed by atoms with Gasteiger partial charge in [0.25, 0.3) is 10.0 Å². The smallest absolute Gasteiger partial charge is 0.268 e. The Bertz CT molecular complexity index is 1270. The van der Waals surface area contributed by atoms with Crippen LogP contribution in [-0.2, 0) is 16.6 Å². The molecule has 0 saturated carbocycles. The number of fused-ring (bicyclic) bond motifs is 1. The molecule has 29 heavy (non-hydrogen) atoms. The maximum atomic E-state index is 13.9. The molecule has 4 aromatic rings. The second kappa shape index (κ2) is 7.25. The molecule has 2 aromatic carbocycles. The van der Waals surface area contributed by atoms with Gasteiger partial charge >= 0.3 is 0 Å². The second-order valence-electron chi connectivity index (χ2n) is 6.56. The number of benzene rings is 2. The number of hydrogen-bond acceptors (Lipinski definition) is 4. The van der Waals surface area contributed by atoms with E-state index in [-0.39, 0.29) is 22.8 Å². The summed E-state index contributed by atoms with van der Waals surface area (Å²) in [5.41, 5.74) is 1.67. The Morgan fingerprint density at radius 3 is 2.41 bits per heavy atom. The van der Waals surface area contributed by atoms with Crippen molar-refractivity contribution in [3.05, 3.63) is 89.9 Å². The molecule has 0 N–H and O–H groups in total. The molecule has 148 valence electrons. The minimum atomic E-state index is -4.22. The zero-order chi connectivity index (χ0) is 20.6. The van der Waals surface area contributed by atoms with E-state index >= 15 is 0 Å². The lowest BCUT2D eigenvalue weighted by molar-refractivity contribution is 0.580. The van der Waals surface area contributed by atoms with Gasteiger partial charge < -0.3 is 0 Å². The average molecular weight is 414 g/mol. The normalized spacial score (nSPS) is 11.7. The molecule has 9 heteroatoms. The molecule has 2 heterocycles. The van der Waals surface area contributed by atoms with Crippen molar-refractivity contribution in [2.45, 2.75) is 18.4 Å². The van der Waals surface area contributed by atoms with Gasteiger partial charge in [0.15, 0.2) is 5.65 Å². The maximum absolute atomic E-state index is 13.9. The molecule has 6 nitrogen and oxygen atoms in total. The van der Waals surface area contributed by atoms with Crippen molar-refractivity contribution >= 4 is 21.4 Å². The average Bonchev–Trinajstić information content (AvgIpc) is 3.15. The van der Waals surface area contributed by atoms with Gasteiger partial charge in [0.2, 0.25) is 0 Å². The van der Waals surface area contributed by atoms with Crippen LogP contribution in [0.1, 0.15) is 11.1 Å². The third-order valence-electron chi connectivity index (χ3n) is 4.44. The number of aryl methyl sites for hydroxylation is 1. The first-order valence-electron chi connectivity index (χ1n) is 8.67. The molecule has 0 atom stereocenters. The van der Waals surface area contributed by atoms with Crippen LogP contribution >= 0.6 is 0 Å². The van der Waals surface area contributed by atoms with Crippen LogP contribution in [0.3, 0.4) is 0 Å². The minimum absolute atomic E-state index is 0.110. The first-order valence-corrected chi connectivity index (χ1v) is 10.1. The molecule has 0 aliphatic rings. The van der Waals surface area contributed by atoms with Gasteiger partial charge in [-0.1, -0.05) is 29.8 Å². The zero-order valence-electron chi connectivity index (χ0n) is 15.3. The van der Waals surface area contributed by atoms with Crippen molar-refractivity contribution in [1.82, 2.24) is 14.6 Å². The van der Waals surface area contributed by atoms with Gasteiger partial charge in [-0.05, 0) is 36.8 Å². The number of nitrogens with zero attached hydrogens (tertiary/aromatic N) is 4. The lowest BCUT2D eigenvalue weighted by atomic mass is 10.1. The molecule has 4 rings (SSSR count). The van der Waals surface area contributed by atoms with Gasteiger partial charge in [0.1, 0.15) is 22.9 Å². The summed E-state index contributed by atoms with van der Waals surface area (Å²) in [5.74, 6) is -1.74. The van der Waals surface area contributed by atoms with Gasteiger partial charge in [-0.25, -0.2) is 17.2 Å². The molecule has 2 aromatic heterocycles. The fourth-order valence-corrected chi connectivity index (χ4v) is 4.57. The van der Waals surface area contributed by atoms with Gasteiger partial charge in [0, 0.05) is 12.3 Å². The van der Waals surface area contributed by atoms with Crippen LogP contribution in [0.4, 0.5) is 14.5 Å². The van der Waals surface area contributed by atoms with E-state index in [1.165, 1.54) is 16.8 Å². The van der Waals surface area contributed by atoms with Crippen LogP contribution in [0.5, 0.6) is 0 Å². The largest absolute Gasteiger partial charge is 0.288 e. The number of rotatable bonds is 5. The number of hydrogen-bond donors (Lipinski definition) is 0. The van der Waals surface area contributed by atoms with Crippen LogP contribution in [0.15, 0.2) is 72.0 Å². The fourth-order valence-electron chi connectivity index (χ4n) is 3.00. The lowest BCUT2D eigenvalue weighted by Gasteiger charge is -2.25. The quantitative estimate of drug-likeness (QED) is 0.499. The molecule has 0 unspecified atom stereocenters. The Kier molecular flexibility index (Phi) is 4.75. The van der Waals surface area contributed by atoms with E-state index < -0.39 is 21.7 Å². The van der Waals surface area contributed by atoms with Crippen LogP contribution in [0.2, 0.25) is 0 Å². The number of aromatic nitrogens is 3. The van der Waals surface area contributed by atoms with Crippen molar-refractivity contribution < 1.29 is 17.2 Å². The first-order chi connectivity index (χ1) is 13.8. The van der Waals surface area contributed by atoms with Gasteiger partial charge in [-0.2, -0.15) is 0 Å². The van der Waals surface area contributed by atoms with Crippen LogP contribution in [0, 0.1) is 18.6 Å². The molecule has 0 bridgehead atoms. The summed E-state index contributed by atoms with van der Waals surface area (Å²) < 4.78 is 57.3. The molecule has 0 radical (unpaired) electrons. The Morgan fingerprint density at radius 2 is 1.72 bits per heavy atom. The highest BCUT2D eigenvalue weighted by Gasteiger charge is 2.29. The topological polar surface area (TPSA) is 67.6 Å². The Morgan fingerprint density at radius 1 is 1.03 bits per heavy atom. The Hall–Kier alpha value is -3.33. The molecule has 0 saturated heterocycles. The predicted octanol–water partition coefficient (Wildman–Crippen LogP) is 3.71. The van der Waals surface area contributed by atoms with Crippen molar-refractivity contribution in [1.29, 1.82) is 0 Å². The molecule has 0 spiro atoms. The molecule has 0 fully saturated rings. The molecule has 0 aliphatic heterocycles. The van der Waals surface area contributed by atoms with E-state index in [4.69, 9.17) is 0 Å². The zero-order valence-corrected chi connectivity index (χ0v) is 16.1. The van der Waals surface area contributed by atoms with E-state index in [1.807, 2.05) is 19.1 Å². The number of sulfonamides is 1. The van der Waals surface area contributed by atoms with Crippen molar-refractivity contribution in [2.24, 2.45) is 0 Å². The van der Waals surface area contributed by atoms with E-state index in [1.54, 1.807) is 24.4 Å². The maximum Gasteiger partial charge on any atom is 0.268 e. The van der Waals surface area contributed by atoms with Crippen LogP contribution in [-0.4, -0.2) is 23.0 Å². The standard InChI is InChI=1S/C20H16F2N4O2S/c1-14-4-6-15(7-5-14)12-26(18-10-16(21)9-17(22)11-18)29(27,28)19-3-2-8-25-13-23-24-20(19)25/h2-11,13H,12H2,1H3. The van der Waals surface area contributed by atoms with E-state index in [9.17, 15) is 17.2 Å². The Labute approximate surface area is 166 Å². The third kappa shape index (κ3) is 3.68. The van der Waals surface area contributed by atoms with Gasteiger partial charge in [-0.3, -0.25) is 8.71 Å². The summed E-state index contributed by atoms with van der Waals surface area (Å²) in [6.45, 7) is 1.80. The molecule has 0 amide bonds. The van der Waals surface area contributed by atoms with Gasteiger partial charge in [-0.15, -0.1) is 10.2 Å². The first kappa shape index (κ1) is 19.0. The van der Waals surface area contributed by atoms with Crippen LogP contribution < -0.4 is 4.31 Å². The van der Waals surface area contributed by atoms with Crippen molar-refractivity contribution in [3.8, 4) is 0 Å². The fraction of sp³-hybridized carbons (Fsp3) is 0.100. The predicted molar refractivity (Wildman–Crippen MR) is 104 cm³/mol. The monoisotopic (exact) mass is 414 g/mol. The highest BCUT2D eigenvalue weighted by atomic mass is 32.2. The van der Waals surface area contributed by atoms with E-state index in [0.29, 0.717) is 11.6 Å². The van der Waals surface area contributed by atoms with Crippen LogP contribution in [0.25, 0.3) is 5.65 Å². The summed E-state index contributed by atoms with van der Waals surface area (Å²) in [6.07, 6.45) is 2.99. The van der Waals surface area contributed by atoms with E-state index in [2.05, 4.69) is 10.2 Å². The second-order valence-corrected chi connectivity index (χ2v) is 8.39. The molecule has 0 aliphatic carbocycles. The highest BCUT2D eigenvalue weighted by molar-refractivity contribution is 7.93. The number of anilines is 1. The minimum Gasteiger partial charge on any atom is -0.288 e. The number of pyridine rings is 1. The molecular weight excluding hydrogens is 398 g/mol.